The van der Waals surface area contributed by atoms with E-state index in [1.54, 1.807) is 0 Å². The Morgan fingerprint density at radius 2 is 1.77 bits per heavy atom. The number of fused-ring (bicyclic) bond motifs is 3. The fourth-order valence-electron chi connectivity index (χ4n) is 6.49. The predicted octanol–water partition coefficient (Wildman–Crippen LogP) is 7.57. The Hall–Kier alpha value is -3.81. The third-order valence-corrected chi connectivity index (χ3v) is 8.89. The average molecular weight is 599 g/mol. The third kappa shape index (κ3) is 5.52. The maximum absolute atomic E-state index is 13.7. The summed E-state index contributed by atoms with van der Waals surface area (Å²) in [6.07, 6.45) is 3.35. The third-order valence-electron chi connectivity index (χ3n) is 8.57. The van der Waals surface area contributed by atoms with E-state index >= 15 is 0 Å². The first kappa shape index (κ1) is 29.3. The van der Waals surface area contributed by atoms with Gasteiger partial charge in [-0.15, -0.1) is 0 Å². The molecule has 0 saturated heterocycles. The zero-order valence-electron chi connectivity index (χ0n) is 25.5. The number of nitrogens with zero attached hydrogens (tertiary/aromatic N) is 4. The van der Waals surface area contributed by atoms with E-state index in [2.05, 4.69) is 47.7 Å². The van der Waals surface area contributed by atoms with Crippen molar-refractivity contribution in [3.63, 3.8) is 0 Å². The van der Waals surface area contributed by atoms with Crippen molar-refractivity contribution in [2.24, 2.45) is 7.05 Å². The highest BCUT2D eigenvalue weighted by Gasteiger charge is 2.29. The van der Waals surface area contributed by atoms with Crippen LogP contribution in [-0.4, -0.2) is 52.0 Å². The van der Waals surface area contributed by atoms with Gasteiger partial charge in [0.2, 0.25) is 0 Å². The van der Waals surface area contributed by atoms with Crippen molar-refractivity contribution < 1.29 is 14.3 Å². The van der Waals surface area contributed by atoms with Gasteiger partial charge >= 0.3 is 5.97 Å². The molecule has 3 heterocycles. The van der Waals surface area contributed by atoms with Gasteiger partial charge in [0.1, 0.15) is 11.4 Å². The Bertz CT molecular complexity index is 1800. The van der Waals surface area contributed by atoms with E-state index in [1.165, 1.54) is 0 Å². The highest BCUT2D eigenvalue weighted by Crippen LogP contribution is 2.43. The van der Waals surface area contributed by atoms with Gasteiger partial charge in [0, 0.05) is 47.7 Å². The predicted molar refractivity (Wildman–Crippen MR) is 173 cm³/mol. The second kappa shape index (κ2) is 12.4. The molecular formula is C35H39ClN4O3. The van der Waals surface area contributed by atoms with Crippen LogP contribution in [0.1, 0.15) is 53.6 Å². The lowest BCUT2D eigenvalue weighted by molar-refractivity contribution is 0.0512. The first-order valence-electron chi connectivity index (χ1n) is 15.2. The Kier molecular flexibility index (Phi) is 8.46. The molecule has 0 bridgehead atoms. The van der Waals surface area contributed by atoms with Crippen LogP contribution < -0.4 is 4.74 Å². The SMILES string of the molecule is CCOC(=O)c1c(CCCOc2cccc3ccccc23)c2ccc(Cl)c3c2n1CCCCN(C)Cc1nn(C)c(C)c1-3. The second-order valence-electron chi connectivity index (χ2n) is 11.4. The quantitative estimate of drug-likeness (QED) is 0.143. The number of rotatable bonds is 7. The first-order valence-corrected chi connectivity index (χ1v) is 15.6. The average Bonchev–Trinajstić information content (AvgIpc) is 3.45. The highest BCUT2D eigenvalue weighted by molar-refractivity contribution is 6.35. The molecule has 0 fully saturated rings. The van der Waals surface area contributed by atoms with E-state index in [0.29, 0.717) is 36.9 Å². The van der Waals surface area contributed by atoms with Gasteiger partial charge < -0.3 is 18.9 Å². The molecule has 1 aliphatic rings. The fraction of sp³-hybridized carbons (Fsp3) is 0.371. The van der Waals surface area contributed by atoms with Crippen LogP contribution >= 0.6 is 11.6 Å². The molecule has 0 atom stereocenters. The number of hydrogen-bond donors (Lipinski definition) is 0. The maximum atomic E-state index is 13.7. The number of ether oxygens (including phenoxy) is 2. The lowest BCUT2D eigenvalue weighted by Crippen LogP contribution is -2.20. The molecule has 0 N–H and O–H groups in total. The van der Waals surface area contributed by atoms with Gasteiger partial charge in [-0.05, 0) is 76.2 Å². The Morgan fingerprint density at radius 3 is 2.60 bits per heavy atom. The van der Waals surface area contributed by atoms with E-state index in [1.807, 2.05) is 49.0 Å². The smallest absolute Gasteiger partial charge is 0.355 e. The number of aryl methyl sites for hydroxylation is 3. The zero-order chi connectivity index (χ0) is 30.1. The minimum Gasteiger partial charge on any atom is -0.493 e. The maximum Gasteiger partial charge on any atom is 0.355 e. The van der Waals surface area contributed by atoms with Crippen molar-refractivity contribution in [1.82, 2.24) is 19.2 Å². The van der Waals surface area contributed by atoms with Crippen LogP contribution in [0.2, 0.25) is 5.02 Å². The summed E-state index contributed by atoms with van der Waals surface area (Å²) in [4.78, 5) is 16.0. The van der Waals surface area contributed by atoms with Gasteiger partial charge in [-0.2, -0.15) is 5.10 Å². The molecule has 7 nitrogen and oxygen atoms in total. The lowest BCUT2D eigenvalue weighted by Gasteiger charge is -2.16. The molecule has 224 valence electrons. The molecule has 3 aromatic carbocycles. The monoisotopic (exact) mass is 598 g/mol. The van der Waals surface area contributed by atoms with Crippen molar-refractivity contribution in [3.8, 4) is 16.9 Å². The van der Waals surface area contributed by atoms with Crippen molar-refractivity contribution in [1.29, 1.82) is 0 Å². The summed E-state index contributed by atoms with van der Waals surface area (Å²) in [5.41, 5.74) is 6.64. The topological polar surface area (TPSA) is 61.5 Å². The molecule has 1 aliphatic heterocycles. The molecule has 0 amide bonds. The number of halogens is 1. The Morgan fingerprint density at radius 1 is 0.977 bits per heavy atom. The van der Waals surface area contributed by atoms with Crippen molar-refractivity contribution in [2.75, 3.05) is 26.8 Å². The van der Waals surface area contributed by atoms with E-state index in [0.717, 1.165) is 87.9 Å². The minimum absolute atomic E-state index is 0.291. The summed E-state index contributed by atoms with van der Waals surface area (Å²) in [5, 5.41) is 8.86. The molecule has 0 spiro atoms. The van der Waals surface area contributed by atoms with Gasteiger partial charge in [-0.25, -0.2) is 4.79 Å². The summed E-state index contributed by atoms with van der Waals surface area (Å²) in [6.45, 7) is 7.16. The molecular weight excluding hydrogens is 560 g/mol. The highest BCUT2D eigenvalue weighted by atomic mass is 35.5. The number of carbonyl (C=O) groups is 1. The van der Waals surface area contributed by atoms with Crippen LogP contribution in [0.25, 0.3) is 32.8 Å². The zero-order valence-corrected chi connectivity index (χ0v) is 26.2. The summed E-state index contributed by atoms with van der Waals surface area (Å²) >= 11 is 7.06. The van der Waals surface area contributed by atoms with Crippen molar-refractivity contribution >= 4 is 39.2 Å². The van der Waals surface area contributed by atoms with E-state index in [9.17, 15) is 4.79 Å². The van der Waals surface area contributed by atoms with Crippen LogP contribution in [0, 0.1) is 6.92 Å². The molecule has 2 aromatic heterocycles. The molecule has 0 saturated carbocycles. The number of hydrogen-bond acceptors (Lipinski definition) is 5. The van der Waals surface area contributed by atoms with Crippen LogP contribution in [0.4, 0.5) is 0 Å². The van der Waals surface area contributed by atoms with Crippen LogP contribution in [0.3, 0.4) is 0 Å². The van der Waals surface area contributed by atoms with Crippen LogP contribution in [-0.2, 0) is 31.3 Å². The van der Waals surface area contributed by atoms with Crippen LogP contribution in [0.5, 0.6) is 5.75 Å². The van der Waals surface area contributed by atoms with Gasteiger partial charge in [0.15, 0.2) is 0 Å². The lowest BCUT2D eigenvalue weighted by atomic mass is 9.98. The molecule has 0 unspecified atom stereocenters. The molecule has 0 radical (unpaired) electrons. The number of aromatic nitrogens is 3. The number of benzene rings is 3. The van der Waals surface area contributed by atoms with Gasteiger partial charge in [0.25, 0.3) is 0 Å². The van der Waals surface area contributed by atoms with E-state index in [4.69, 9.17) is 26.2 Å². The van der Waals surface area contributed by atoms with Gasteiger partial charge in [0.05, 0.1) is 29.4 Å². The summed E-state index contributed by atoms with van der Waals surface area (Å²) in [5.74, 6) is 0.583. The first-order chi connectivity index (χ1) is 20.9. The molecule has 43 heavy (non-hydrogen) atoms. The van der Waals surface area contributed by atoms with Gasteiger partial charge in [-0.1, -0.05) is 54.1 Å². The minimum atomic E-state index is -0.291. The Labute approximate surface area is 257 Å². The van der Waals surface area contributed by atoms with Crippen molar-refractivity contribution in [3.05, 3.63) is 82.3 Å². The second-order valence-corrected chi connectivity index (χ2v) is 11.8. The molecule has 8 heteroatoms. The molecule has 0 aliphatic carbocycles. The van der Waals surface area contributed by atoms with Crippen molar-refractivity contribution in [2.45, 2.75) is 52.6 Å². The molecule has 5 aromatic rings. The fourth-order valence-corrected chi connectivity index (χ4v) is 6.74. The van der Waals surface area contributed by atoms with E-state index < -0.39 is 0 Å². The number of esters is 1. The van der Waals surface area contributed by atoms with Gasteiger partial charge in [-0.3, -0.25) is 4.68 Å². The number of carbonyl (C=O) groups excluding carboxylic acids is 1. The normalized spacial score (nSPS) is 14.1. The standard InChI is InChI=1S/C35H39ClN4O3/c1-5-42-35(41)34-26(15-11-21-43-30-16-10-13-24-12-6-7-14-25(24)30)27-17-18-28(36)32-31-23(2)39(4)37-29(31)22-38(3)19-8-9-20-40(34)33(27)32/h6-7,10,12-14,16-18H,5,8-9,11,15,19-22H2,1-4H3. The van der Waals surface area contributed by atoms with E-state index in [-0.39, 0.29) is 5.97 Å². The largest absolute Gasteiger partial charge is 0.493 e. The molecule has 6 rings (SSSR count). The summed E-state index contributed by atoms with van der Waals surface area (Å²) in [7, 11) is 4.11. The summed E-state index contributed by atoms with van der Waals surface area (Å²) in [6, 6.07) is 18.4. The Balaban J connectivity index is 1.45. The summed E-state index contributed by atoms with van der Waals surface area (Å²) < 4.78 is 16.1. The van der Waals surface area contributed by atoms with Crippen LogP contribution in [0.15, 0.2) is 54.6 Å².